The summed E-state index contributed by atoms with van der Waals surface area (Å²) in [4.78, 5) is 30.1. The Morgan fingerprint density at radius 1 is 1.28 bits per heavy atom. The van der Waals surface area contributed by atoms with Crippen LogP contribution < -0.4 is 4.74 Å². The van der Waals surface area contributed by atoms with Crippen LogP contribution in [-0.4, -0.2) is 40.7 Å². The van der Waals surface area contributed by atoms with Gasteiger partial charge in [-0.05, 0) is 66.7 Å². The van der Waals surface area contributed by atoms with E-state index in [1.165, 1.54) is 28.8 Å². The van der Waals surface area contributed by atoms with E-state index in [1.807, 2.05) is 6.92 Å². The number of hydrogen-bond donors (Lipinski definition) is 1. The van der Waals surface area contributed by atoms with Gasteiger partial charge in [-0.1, -0.05) is 18.5 Å². The van der Waals surface area contributed by atoms with Crippen LogP contribution in [0.15, 0.2) is 52.4 Å². The molecule has 1 aliphatic rings. The van der Waals surface area contributed by atoms with Gasteiger partial charge in [0, 0.05) is 17.6 Å². The van der Waals surface area contributed by atoms with E-state index >= 15 is 0 Å². The fourth-order valence-corrected chi connectivity index (χ4v) is 3.72. The van der Waals surface area contributed by atoms with Crippen LogP contribution in [0.25, 0.3) is 6.08 Å². The number of halogens is 1. The molecule has 1 amide bonds. The second-order valence-corrected chi connectivity index (χ2v) is 7.70. The number of carboxylic acid groups (broad SMARTS) is 1. The average molecular weight is 431 g/mol. The Balaban J connectivity index is 1.88. The van der Waals surface area contributed by atoms with E-state index in [4.69, 9.17) is 21.4 Å². The normalized spacial score (nSPS) is 16.7. The Hall–Kier alpha value is -2.77. The first kappa shape index (κ1) is 21.0. The van der Waals surface area contributed by atoms with Crippen LogP contribution in [0.4, 0.5) is 5.69 Å². The number of aromatic carboxylic acids is 1. The number of hydrogen-bond acceptors (Lipinski definition) is 5. The average Bonchev–Trinajstić information content (AvgIpc) is 2.95. The number of rotatable bonds is 6. The molecule has 1 heterocycles. The van der Waals surface area contributed by atoms with Crippen molar-refractivity contribution in [1.82, 2.24) is 4.90 Å². The zero-order valence-electron chi connectivity index (χ0n) is 15.9. The van der Waals surface area contributed by atoms with Crippen molar-refractivity contribution in [3.8, 4) is 5.75 Å². The molecule has 3 rings (SSSR count). The molecule has 1 aliphatic heterocycles. The van der Waals surface area contributed by atoms with Crippen molar-refractivity contribution in [3.05, 3.63) is 63.5 Å². The number of carboxylic acids is 1. The summed E-state index contributed by atoms with van der Waals surface area (Å²) in [7, 11) is 1.65. The number of amidine groups is 1. The second kappa shape index (κ2) is 9.15. The van der Waals surface area contributed by atoms with Gasteiger partial charge in [0.1, 0.15) is 5.75 Å². The maximum absolute atomic E-state index is 12.7. The minimum absolute atomic E-state index is 0.179. The zero-order valence-corrected chi connectivity index (χ0v) is 17.5. The second-order valence-electron chi connectivity index (χ2n) is 6.25. The van der Waals surface area contributed by atoms with Gasteiger partial charge >= 0.3 is 5.97 Å². The van der Waals surface area contributed by atoms with Gasteiger partial charge in [-0.25, -0.2) is 9.79 Å². The highest BCUT2D eigenvalue weighted by Crippen LogP contribution is 2.35. The maximum Gasteiger partial charge on any atom is 0.335 e. The molecule has 0 saturated carbocycles. The number of amides is 1. The Morgan fingerprint density at radius 3 is 2.66 bits per heavy atom. The molecule has 6 nitrogen and oxygen atoms in total. The Labute approximate surface area is 177 Å². The summed E-state index contributed by atoms with van der Waals surface area (Å²) < 4.78 is 5.75. The third kappa shape index (κ3) is 4.99. The molecule has 8 heteroatoms. The molecule has 0 aliphatic carbocycles. The first-order chi connectivity index (χ1) is 13.9. The molecule has 0 bridgehead atoms. The topological polar surface area (TPSA) is 79.2 Å². The van der Waals surface area contributed by atoms with Gasteiger partial charge in [-0.2, -0.15) is 0 Å². The van der Waals surface area contributed by atoms with Crippen LogP contribution in [0.3, 0.4) is 0 Å². The Kier molecular flexibility index (Phi) is 6.61. The molecule has 0 unspecified atom stereocenters. The third-order valence-corrected chi connectivity index (χ3v) is 5.36. The number of ether oxygens (including phenoxy) is 1. The van der Waals surface area contributed by atoms with Crippen molar-refractivity contribution < 1.29 is 19.4 Å². The number of nitrogens with zero attached hydrogens (tertiary/aromatic N) is 2. The van der Waals surface area contributed by atoms with Gasteiger partial charge in [-0.15, -0.1) is 0 Å². The fraction of sp³-hybridized carbons (Fsp3) is 0.190. The van der Waals surface area contributed by atoms with Crippen LogP contribution in [0.2, 0.25) is 5.02 Å². The molecular weight excluding hydrogens is 412 g/mol. The van der Waals surface area contributed by atoms with E-state index in [0.717, 1.165) is 12.0 Å². The Bertz CT molecular complexity index is 1000. The van der Waals surface area contributed by atoms with E-state index < -0.39 is 5.97 Å². The van der Waals surface area contributed by atoms with Crippen LogP contribution in [0, 0.1) is 0 Å². The van der Waals surface area contributed by atoms with Gasteiger partial charge < -0.3 is 9.84 Å². The Morgan fingerprint density at radius 2 is 2.00 bits per heavy atom. The van der Waals surface area contributed by atoms with E-state index in [9.17, 15) is 9.59 Å². The van der Waals surface area contributed by atoms with E-state index in [0.29, 0.717) is 33.1 Å². The molecule has 0 spiro atoms. The van der Waals surface area contributed by atoms with E-state index in [2.05, 4.69) is 4.99 Å². The number of carbonyl (C=O) groups is 2. The maximum atomic E-state index is 12.7. The van der Waals surface area contributed by atoms with Gasteiger partial charge in [-0.3, -0.25) is 9.69 Å². The van der Waals surface area contributed by atoms with Crippen molar-refractivity contribution in [1.29, 1.82) is 0 Å². The van der Waals surface area contributed by atoms with Gasteiger partial charge in [0.05, 0.1) is 22.8 Å². The fourth-order valence-electron chi connectivity index (χ4n) is 2.56. The van der Waals surface area contributed by atoms with Crippen LogP contribution in [-0.2, 0) is 4.79 Å². The SMILES string of the molecule is CCCOc1ccc(Cl)cc1/C=C1/SC(=Nc2ccc(C(=O)O)cc2)N(C)C1=O. The summed E-state index contributed by atoms with van der Waals surface area (Å²) in [5.41, 5.74) is 1.47. The van der Waals surface area contributed by atoms with Gasteiger partial charge in [0.25, 0.3) is 5.91 Å². The molecule has 0 atom stereocenters. The predicted molar refractivity (Wildman–Crippen MR) is 116 cm³/mol. The lowest BCUT2D eigenvalue weighted by molar-refractivity contribution is -0.121. The molecule has 1 N–H and O–H groups in total. The summed E-state index contributed by atoms with van der Waals surface area (Å²) in [6, 6.07) is 11.4. The summed E-state index contributed by atoms with van der Waals surface area (Å²) in [5, 5.41) is 10.0. The van der Waals surface area contributed by atoms with Crippen molar-refractivity contribution >= 4 is 52.2 Å². The van der Waals surface area contributed by atoms with Crippen molar-refractivity contribution in [2.45, 2.75) is 13.3 Å². The quantitative estimate of drug-likeness (QED) is 0.648. The van der Waals surface area contributed by atoms with Crippen molar-refractivity contribution in [3.63, 3.8) is 0 Å². The number of thioether (sulfide) groups is 1. The molecule has 150 valence electrons. The molecule has 2 aromatic rings. The van der Waals surface area contributed by atoms with Crippen molar-refractivity contribution in [2.24, 2.45) is 4.99 Å². The molecule has 2 aromatic carbocycles. The summed E-state index contributed by atoms with van der Waals surface area (Å²) in [6.07, 6.45) is 2.61. The summed E-state index contributed by atoms with van der Waals surface area (Å²) in [6.45, 7) is 2.59. The van der Waals surface area contributed by atoms with Gasteiger partial charge in [0.15, 0.2) is 5.17 Å². The highest BCUT2D eigenvalue weighted by molar-refractivity contribution is 8.18. The molecule has 0 aromatic heterocycles. The lowest BCUT2D eigenvalue weighted by atomic mass is 10.2. The lowest BCUT2D eigenvalue weighted by Crippen LogP contribution is -2.23. The summed E-state index contributed by atoms with van der Waals surface area (Å²) >= 11 is 7.36. The van der Waals surface area contributed by atoms with Crippen LogP contribution in [0.5, 0.6) is 5.75 Å². The molecule has 1 fully saturated rings. The third-order valence-electron chi connectivity index (χ3n) is 4.06. The first-order valence-electron chi connectivity index (χ1n) is 8.91. The molecular formula is C21H19ClN2O4S. The van der Waals surface area contributed by atoms with E-state index in [1.54, 1.807) is 43.5 Å². The number of likely N-dealkylation sites (N-methyl/N-ethyl adjacent to an activating group) is 1. The smallest absolute Gasteiger partial charge is 0.335 e. The molecule has 29 heavy (non-hydrogen) atoms. The van der Waals surface area contributed by atoms with Crippen LogP contribution >= 0.6 is 23.4 Å². The van der Waals surface area contributed by atoms with E-state index in [-0.39, 0.29) is 11.5 Å². The lowest BCUT2D eigenvalue weighted by Gasteiger charge is -2.09. The largest absolute Gasteiger partial charge is 0.493 e. The molecule has 0 radical (unpaired) electrons. The minimum atomic E-state index is -1.00. The minimum Gasteiger partial charge on any atom is -0.493 e. The monoisotopic (exact) mass is 430 g/mol. The highest BCUT2D eigenvalue weighted by atomic mass is 35.5. The zero-order chi connectivity index (χ0) is 21.0. The van der Waals surface area contributed by atoms with Gasteiger partial charge in [0.2, 0.25) is 0 Å². The first-order valence-corrected chi connectivity index (χ1v) is 10.1. The highest BCUT2D eigenvalue weighted by Gasteiger charge is 2.30. The summed E-state index contributed by atoms with van der Waals surface area (Å²) in [5.74, 6) is -0.522. The standard InChI is InChI=1S/C21H19ClN2O4S/c1-3-10-28-17-9-6-15(22)11-14(17)12-18-19(25)24(2)21(29-18)23-16-7-4-13(5-8-16)20(26)27/h4-9,11-12H,3,10H2,1-2H3,(H,26,27)/b18-12+,23-21?. The number of aliphatic imine (C=N–C) groups is 1. The molecule has 1 saturated heterocycles. The van der Waals surface area contributed by atoms with Crippen LogP contribution in [0.1, 0.15) is 29.3 Å². The van der Waals surface area contributed by atoms with Crippen molar-refractivity contribution in [2.75, 3.05) is 13.7 Å². The number of benzene rings is 2. The predicted octanol–water partition coefficient (Wildman–Crippen LogP) is 5.06. The number of carbonyl (C=O) groups excluding carboxylic acids is 1.